The van der Waals surface area contributed by atoms with Gasteiger partial charge in [0.05, 0.1) is 5.69 Å². The molecule has 0 amide bonds. The molecular formula is C19H16N2OS2. The van der Waals surface area contributed by atoms with Gasteiger partial charge >= 0.3 is 0 Å². The van der Waals surface area contributed by atoms with Crippen LogP contribution >= 0.6 is 23.5 Å². The molecule has 3 aromatic rings. The highest BCUT2D eigenvalue weighted by Gasteiger charge is 2.22. The lowest BCUT2D eigenvalue weighted by Gasteiger charge is -2.19. The SMILES string of the molecule is Cc1ccc(-n2c(-c3ccccc3)nc3c(c2=O)SCCS3)cc1. The minimum atomic E-state index is 0.0277. The zero-order valence-electron chi connectivity index (χ0n) is 13.2. The third-order valence-electron chi connectivity index (χ3n) is 3.90. The second-order valence-electron chi connectivity index (χ2n) is 5.61. The van der Waals surface area contributed by atoms with Crippen molar-refractivity contribution in [2.45, 2.75) is 16.8 Å². The summed E-state index contributed by atoms with van der Waals surface area (Å²) in [4.78, 5) is 18.8. The summed E-state index contributed by atoms with van der Waals surface area (Å²) in [6.07, 6.45) is 0. The van der Waals surface area contributed by atoms with E-state index in [1.165, 1.54) is 5.56 Å². The summed E-state index contributed by atoms with van der Waals surface area (Å²) in [5.41, 5.74) is 3.01. The molecule has 0 saturated heterocycles. The van der Waals surface area contributed by atoms with E-state index >= 15 is 0 Å². The van der Waals surface area contributed by atoms with Crippen molar-refractivity contribution >= 4 is 23.5 Å². The van der Waals surface area contributed by atoms with Gasteiger partial charge < -0.3 is 0 Å². The molecule has 5 heteroatoms. The number of hydrogen-bond donors (Lipinski definition) is 0. The van der Waals surface area contributed by atoms with Crippen LogP contribution in [-0.2, 0) is 0 Å². The number of thioether (sulfide) groups is 2. The summed E-state index contributed by atoms with van der Waals surface area (Å²) < 4.78 is 1.74. The fraction of sp³-hybridized carbons (Fsp3) is 0.158. The van der Waals surface area contributed by atoms with Gasteiger partial charge in [0, 0.05) is 17.1 Å². The lowest BCUT2D eigenvalue weighted by atomic mass is 10.2. The van der Waals surface area contributed by atoms with E-state index in [4.69, 9.17) is 4.98 Å². The maximum atomic E-state index is 13.2. The Morgan fingerprint density at radius 2 is 1.67 bits per heavy atom. The first kappa shape index (κ1) is 15.5. The van der Waals surface area contributed by atoms with Gasteiger partial charge in [-0.2, -0.15) is 0 Å². The third-order valence-corrected chi connectivity index (χ3v) is 6.33. The van der Waals surface area contributed by atoms with Crippen LogP contribution in [0.15, 0.2) is 69.3 Å². The van der Waals surface area contributed by atoms with Crippen molar-refractivity contribution in [3.05, 3.63) is 70.5 Å². The molecule has 0 aliphatic carbocycles. The van der Waals surface area contributed by atoms with Gasteiger partial charge in [0.1, 0.15) is 15.7 Å². The molecule has 2 heterocycles. The molecule has 0 atom stereocenters. The molecule has 0 unspecified atom stereocenters. The molecule has 24 heavy (non-hydrogen) atoms. The average Bonchev–Trinajstić information content (AvgIpc) is 2.63. The van der Waals surface area contributed by atoms with Crippen molar-refractivity contribution < 1.29 is 0 Å². The Kier molecular flexibility index (Phi) is 4.21. The number of hydrogen-bond acceptors (Lipinski definition) is 4. The first-order valence-electron chi connectivity index (χ1n) is 7.79. The Balaban J connectivity index is 2.02. The maximum absolute atomic E-state index is 13.2. The first-order valence-corrected chi connectivity index (χ1v) is 9.76. The van der Waals surface area contributed by atoms with Crippen molar-refractivity contribution in [3.8, 4) is 17.1 Å². The molecule has 0 spiro atoms. The van der Waals surface area contributed by atoms with E-state index in [1.807, 2.05) is 61.5 Å². The van der Waals surface area contributed by atoms with Crippen LogP contribution in [0.1, 0.15) is 5.56 Å². The standard InChI is InChI=1S/C19H16N2OS2/c1-13-7-9-15(10-8-13)21-17(14-5-3-2-4-6-14)20-18-16(19(21)22)23-11-12-24-18/h2-10H,11-12H2,1H3. The summed E-state index contributed by atoms with van der Waals surface area (Å²) in [6, 6.07) is 17.9. The number of aromatic nitrogens is 2. The number of nitrogens with zero attached hydrogens (tertiary/aromatic N) is 2. The third kappa shape index (κ3) is 2.78. The van der Waals surface area contributed by atoms with Crippen LogP contribution in [0, 0.1) is 6.92 Å². The van der Waals surface area contributed by atoms with Crippen molar-refractivity contribution in [2.75, 3.05) is 11.5 Å². The largest absolute Gasteiger partial charge is 0.273 e. The molecule has 2 aromatic carbocycles. The summed E-state index contributed by atoms with van der Waals surface area (Å²) >= 11 is 3.29. The normalized spacial score (nSPS) is 13.5. The van der Waals surface area contributed by atoms with Gasteiger partial charge in [0.2, 0.25) is 0 Å². The molecular weight excluding hydrogens is 336 g/mol. The van der Waals surface area contributed by atoms with Crippen LogP contribution in [0.25, 0.3) is 17.1 Å². The molecule has 0 N–H and O–H groups in total. The van der Waals surface area contributed by atoms with E-state index in [0.717, 1.165) is 32.7 Å². The molecule has 1 aromatic heterocycles. The van der Waals surface area contributed by atoms with Crippen LogP contribution in [0.2, 0.25) is 0 Å². The van der Waals surface area contributed by atoms with E-state index < -0.39 is 0 Å². The van der Waals surface area contributed by atoms with Gasteiger partial charge in [-0.1, -0.05) is 48.0 Å². The highest BCUT2D eigenvalue weighted by Crippen LogP contribution is 2.34. The molecule has 0 radical (unpaired) electrons. The Hall–Kier alpha value is -1.98. The molecule has 120 valence electrons. The fourth-order valence-electron chi connectivity index (χ4n) is 2.70. The summed E-state index contributed by atoms with van der Waals surface area (Å²) in [6.45, 7) is 2.04. The Morgan fingerprint density at radius 1 is 0.958 bits per heavy atom. The second kappa shape index (κ2) is 6.49. The quantitative estimate of drug-likeness (QED) is 0.640. The van der Waals surface area contributed by atoms with Gasteiger partial charge in [-0.25, -0.2) is 4.98 Å². The molecule has 0 saturated carbocycles. The van der Waals surface area contributed by atoms with Crippen molar-refractivity contribution in [3.63, 3.8) is 0 Å². The maximum Gasteiger partial charge on any atom is 0.273 e. The van der Waals surface area contributed by atoms with Crippen molar-refractivity contribution in [1.82, 2.24) is 9.55 Å². The number of aryl methyl sites for hydroxylation is 1. The smallest absolute Gasteiger partial charge is 0.268 e. The average molecular weight is 352 g/mol. The molecule has 3 nitrogen and oxygen atoms in total. The molecule has 1 aliphatic heterocycles. The highest BCUT2D eigenvalue weighted by molar-refractivity contribution is 8.05. The topological polar surface area (TPSA) is 34.9 Å². The van der Waals surface area contributed by atoms with Crippen molar-refractivity contribution in [2.24, 2.45) is 0 Å². The van der Waals surface area contributed by atoms with Gasteiger partial charge in [-0.05, 0) is 19.1 Å². The lowest BCUT2D eigenvalue weighted by Crippen LogP contribution is -2.25. The second-order valence-corrected chi connectivity index (χ2v) is 7.80. The number of benzene rings is 2. The summed E-state index contributed by atoms with van der Waals surface area (Å²) in [7, 11) is 0. The van der Waals surface area contributed by atoms with Crippen LogP contribution in [-0.4, -0.2) is 21.1 Å². The van der Waals surface area contributed by atoms with Gasteiger partial charge in [-0.15, -0.1) is 23.5 Å². The molecule has 4 rings (SSSR count). The van der Waals surface area contributed by atoms with Crippen LogP contribution in [0.3, 0.4) is 0 Å². The lowest BCUT2D eigenvalue weighted by molar-refractivity contribution is 0.838. The van der Waals surface area contributed by atoms with Crippen LogP contribution in [0.5, 0.6) is 0 Å². The Morgan fingerprint density at radius 3 is 2.42 bits per heavy atom. The van der Waals surface area contributed by atoms with Crippen LogP contribution < -0.4 is 5.56 Å². The van der Waals surface area contributed by atoms with Crippen molar-refractivity contribution in [1.29, 1.82) is 0 Å². The van der Waals surface area contributed by atoms with E-state index in [9.17, 15) is 4.79 Å². The fourth-order valence-corrected chi connectivity index (χ4v) is 4.87. The Labute approximate surface area is 149 Å². The predicted molar refractivity (Wildman–Crippen MR) is 101 cm³/mol. The summed E-state index contributed by atoms with van der Waals surface area (Å²) in [5.74, 6) is 2.65. The van der Waals surface area contributed by atoms with E-state index in [2.05, 4.69) is 0 Å². The number of fused-ring (bicyclic) bond motifs is 1. The monoisotopic (exact) mass is 352 g/mol. The van der Waals surface area contributed by atoms with Crippen LogP contribution in [0.4, 0.5) is 0 Å². The highest BCUT2D eigenvalue weighted by atomic mass is 32.2. The van der Waals surface area contributed by atoms with E-state index in [0.29, 0.717) is 5.82 Å². The predicted octanol–water partition coefficient (Wildman–Crippen LogP) is 4.41. The molecule has 1 aliphatic rings. The zero-order chi connectivity index (χ0) is 16.5. The summed E-state index contributed by atoms with van der Waals surface area (Å²) in [5, 5.41) is 0.860. The number of rotatable bonds is 2. The molecule has 0 fully saturated rings. The van der Waals surface area contributed by atoms with E-state index in [-0.39, 0.29) is 5.56 Å². The minimum absolute atomic E-state index is 0.0277. The minimum Gasteiger partial charge on any atom is -0.268 e. The van der Waals surface area contributed by atoms with Gasteiger partial charge in [0.15, 0.2) is 0 Å². The Bertz CT molecular complexity index is 934. The first-order chi connectivity index (χ1) is 11.7. The van der Waals surface area contributed by atoms with Gasteiger partial charge in [-0.3, -0.25) is 9.36 Å². The van der Waals surface area contributed by atoms with Gasteiger partial charge in [0.25, 0.3) is 5.56 Å². The van der Waals surface area contributed by atoms with E-state index in [1.54, 1.807) is 28.1 Å². The zero-order valence-corrected chi connectivity index (χ0v) is 14.9. The molecule has 0 bridgehead atoms.